The van der Waals surface area contributed by atoms with E-state index in [4.69, 9.17) is 9.94 Å². The average Bonchev–Trinajstić information content (AvgIpc) is 2.62. The van der Waals surface area contributed by atoms with Crippen molar-refractivity contribution in [3.05, 3.63) is 78.6 Å². The van der Waals surface area contributed by atoms with Crippen molar-refractivity contribution in [1.29, 1.82) is 0 Å². The molecule has 1 aromatic heterocycles. The van der Waals surface area contributed by atoms with Gasteiger partial charge >= 0.3 is 0 Å². The van der Waals surface area contributed by atoms with Crippen molar-refractivity contribution in [1.82, 2.24) is 10.5 Å². The quantitative estimate of drug-likeness (QED) is 0.570. The number of aromatic nitrogens is 1. The molecule has 0 aliphatic carbocycles. The van der Waals surface area contributed by atoms with Crippen LogP contribution in [-0.4, -0.2) is 16.1 Å². The Labute approximate surface area is 133 Å². The monoisotopic (exact) mass is 306 g/mol. The summed E-state index contributed by atoms with van der Waals surface area (Å²) < 4.78 is 5.74. The molecule has 3 rings (SSSR count). The maximum atomic E-state index is 11.4. The highest BCUT2D eigenvalue weighted by Crippen LogP contribution is 2.25. The molecule has 5 nitrogen and oxygen atoms in total. The van der Waals surface area contributed by atoms with Gasteiger partial charge in [0.15, 0.2) is 0 Å². The van der Waals surface area contributed by atoms with Gasteiger partial charge in [-0.3, -0.25) is 15.0 Å². The second-order valence-electron chi connectivity index (χ2n) is 4.81. The minimum Gasteiger partial charge on any atom is -0.457 e. The molecule has 3 aromatic rings. The van der Waals surface area contributed by atoms with Gasteiger partial charge in [-0.15, -0.1) is 0 Å². The van der Waals surface area contributed by atoms with E-state index in [1.54, 1.807) is 17.6 Å². The Morgan fingerprint density at radius 3 is 2.30 bits per heavy atom. The highest BCUT2D eigenvalue weighted by atomic mass is 16.5. The second kappa shape index (κ2) is 6.72. The van der Waals surface area contributed by atoms with Gasteiger partial charge < -0.3 is 4.74 Å². The molecule has 2 aromatic carbocycles. The SMILES string of the molecule is O=C(NO)c1cc(-c2ccc(Oc3ccccc3)cc2)ccn1. The van der Waals surface area contributed by atoms with Gasteiger partial charge in [-0.25, -0.2) is 5.48 Å². The zero-order valence-corrected chi connectivity index (χ0v) is 12.1. The lowest BCUT2D eigenvalue weighted by Gasteiger charge is -2.07. The highest BCUT2D eigenvalue weighted by molar-refractivity contribution is 5.92. The van der Waals surface area contributed by atoms with Gasteiger partial charge in [-0.1, -0.05) is 30.3 Å². The maximum absolute atomic E-state index is 11.4. The van der Waals surface area contributed by atoms with Crippen LogP contribution in [0.25, 0.3) is 11.1 Å². The first-order chi connectivity index (χ1) is 11.3. The third kappa shape index (κ3) is 3.53. The van der Waals surface area contributed by atoms with E-state index in [0.29, 0.717) is 0 Å². The number of benzene rings is 2. The van der Waals surface area contributed by atoms with E-state index < -0.39 is 5.91 Å². The van der Waals surface area contributed by atoms with Crippen LogP contribution in [0.15, 0.2) is 72.9 Å². The summed E-state index contributed by atoms with van der Waals surface area (Å²) in [5.41, 5.74) is 3.46. The summed E-state index contributed by atoms with van der Waals surface area (Å²) in [5, 5.41) is 8.67. The summed E-state index contributed by atoms with van der Waals surface area (Å²) in [6, 6.07) is 20.4. The van der Waals surface area contributed by atoms with E-state index in [9.17, 15) is 4.79 Å². The molecule has 114 valence electrons. The van der Waals surface area contributed by atoms with Gasteiger partial charge in [0, 0.05) is 6.20 Å². The molecule has 0 fully saturated rings. The Bertz CT molecular complexity index is 802. The molecule has 23 heavy (non-hydrogen) atoms. The van der Waals surface area contributed by atoms with Crippen LogP contribution < -0.4 is 10.2 Å². The molecule has 5 heteroatoms. The summed E-state index contributed by atoms with van der Waals surface area (Å²) in [6.07, 6.45) is 1.52. The van der Waals surface area contributed by atoms with E-state index in [1.807, 2.05) is 54.6 Å². The predicted octanol–water partition coefficient (Wildman–Crippen LogP) is 3.66. The molecule has 0 unspecified atom stereocenters. The molecule has 1 heterocycles. The smallest absolute Gasteiger partial charge is 0.293 e. The topological polar surface area (TPSA) is 71.5 Å². The lowest BCUT2D eigenvalue weighted by molar-refractivity contribution is 0.0701. The molecule has 0 atom stereocenters. The standard InChI is InChI=1S/C18H14N2O3/c21-18(20-22)17-12-14(10-11-19-17)13-6-8-16(9-7-13)23-15-4-2-1-3-5-15/h1-12,22H,(H,20,21). The Kier molecular flexibility index (Phi) is 4.31. The predicted molar refractivity (Wildman–Crippen MR) is 85.4 cm³/mol. The van der Waals surface area contributed by atoms with Gasteiger partial charge in [0.05, 0.1) is 0 Å². The van der Waals surface area contributed by atoms with Gasteiger partial charge in [-0.05, 0) is 47.5 Å². The van der Waals surface area contributed by atoms with E-state index in [2.05, 4.69) is 4.98 Å². The van der Waals surface area contributed by atoms with Crippen LogP contribution in [0.1, 0.15) is 10.5 Å². The van der Waals surface area contributed by atoms with Crippen molar-refractivity contribution >= 4 is 5.91 Å². The van der Waals surface area contributed by atoms with E-state index >= 15 is 0 Å². The number of rotatable bonds is 4. The molecule has 1 amide bonds. The van der Waals surface area contributed by atoms with Crippen molar-refractivity contribution in [3.63, 3.8) is 0 Å². The average molecular weight is 306 g/mol. The molecule has 2 N–H and O–H groups in total. The third-order valence-electron chi connectivity index (χ3n) is 3.26. The molecule has 0 saturated carbocycles. The zero-order chi connectivity index (χ0) is 16.1. The van der Waals surface area contributed by atoms with Gasteiger partial charge in [0.1, 0.15) is 17.2 Å². The van der Waals surface area contributed by atoms with Crippen molar-refractivity contribution < 1.29 is 14.7 Å². The van der Waals surface area contributed by atoms with Crippen LogP contribution in [0.5, 0.6) is 11.5 Å². The van der Waals surface area contributed by atoms with Gasteiger partial charge in [-0.2, -0.15) is 0 Å². The minimum atomic E-state index is -0.643. The first-order valence-electron chi connectivity index (χ1n) is 7.00. The first kappa shape index (κ1) is 14.7. The van der Waals surface area contributed by atoms with Crippen LogP contribution in [-0.2, 0) is 0 Å². The number of hydrogen-bond donors (Lipinski definition) is 2. The number of ether oxygens (including phenoxy) is 1. The normalized spacial score (nSPS) is 10.1. The molecular formula is C18H14N2O3. The largest absolute Gasteiger partial charge is 0.457 e. The number of nitrogens with one attached hydrogen (secondary N) is 1. The first-order valence-corrected chi connectivity index (χ1v) is 7.00. The summed E-state index contributed by atoms with van der Waals surface area (Å²) in [7, 11) is 0. The fraction of sp³-hybridized carbons (Fsp3) is 0. The van der Waals surface area contributed by atoms with Crippen molar-refractivity contribution in [2.45, 2.75) is 0 Å². The minimum absolute atomic E-state index is 0.148. The van der Waals surface area contributed by atoms with E-state index in [0.717, 1.165) is 22.6 Å². The van der Waals surface area contributed by atoms with Crippen LogP contribution >= 0.6 is 0 Å². The van der Waals surface area contributed by atoms with Gasteiger partial charge in [0.25, 0.3) is 5.91 Å². The summed E-state index contributed by atoms with van der Waals surface area (Å²) in [5.74, 6) is 0.851. The summed E-state index contributed by atoms with van der Waals surface area (Å²) in [6.45, 7) is 0. The zero-order valence-electron chi connectivity index (χ0n) is 12.1. The molecule has 0 saturated heterocycles. The molecule has 0 spiro atoms. The van der Waals surface area contributed by atoms with Crippen molar-refractivity contribution in [3.8, 4) is 22.6 Å². The highest BCUT2D eigenvalue weighted by Gasteiger charge is 2.07. The number of nitrogens with zero attached hydrogens (tertiary/aromatic N) is 1. The number of para-hydroxylation sites is 1. The molecular weight excluding hydrogens is 292 g/mol. The van der Waals surface area contributed by atoms with Crippen LogP contribution in [0.3, 0.4) is 0 Å². The second-order valence-corrected chi connectivity index (χ2v) is 4.81. The Morgan fingerprint density at radius 1 is 0.913 bits per heavy atom. The van der Waals surface area contributed by atoms with Crippen LogP contribution in [0.2, 0.25) is 0 Å². The molecule has 0 aliphatic rings. The van der Waals surface area contributed by atoms with E-state index in [1.165, 1.54) is 6.20 Å². The molecule has 0 aliphatic heterocycles. The Morgan fingerprint density at radius 2 is 1.61 bits per heavy atom. The number of hydrogen-bond acceptors (Lipinski definition) is 4. The number of carbonyl (C=O) groups excluding carboxylic acids is 1. The van der Waals surface area contributed by atoms with Crippen molar-refractivity contribution in [2.75, 3.05) is 0 Å². The lowest BCUT2D eigenvalue weighted by atomic mass is 10.1. The number of carbonyl (C=O) groups is 1. The third-order valence-corrected chi connectivity index (χ3v) is 3.26. The van der Waals surface area contributed by atoms with Crippen LogP contribution in [0.4, 0.5) is 0 Å². The maximum Gasteiger partial charge on any atom is 0.293 e. The summed E-state index contributed by atoms with van der Waals surface area (Å²) >= 11 is 0. The Balaban J connectivity index is 1.81. The van der Waals surface area contributed by atoms with Crippen molar-refractivity contribution in [2.24, 2.45) is 0 Å². The number of hydroxylamine groups is 1. The number of pyridine rings is 1. The molecule has 0 bridgehead atoms. The fourth-order valence-corrected chi connectivity index (χ4v) is 2.13. The fourth-order valence-electron chi connectivity index (χ4n) is 2.13. The van der Waals surface area contributed by atoms with E-state index in [-0.39, 0.29) is 5.69 Å². The Hall–Kier alpha value is -3.18. The molecule has 0 radical (unpaired) electrons. The summed E-state index contributed by atoms with van der Waals surface area (Å²) in [4.78, 5) is 15.3. The van der Waals surface area contributed by atoms with Crippen LogP contribution in [0, 0.1) is 0 Å². The number of amides is 1. The van der Waals surface area contributed by atoms with Gasteiger partial charge in [0.2, 0.25) is 0 Å². The lowest BCUT2D eigenvalue weighted by Crippen LogP contribution is -2.19.